The van der Waals surface area contributed by atoms with E-state index in [1.54, 1.807) is 12.4 Å². The Morgan fingerprint density at radius 1 is 0.846 bits per heavy atom. The summed E-state index contributed by atoms with van der Waals surface area (Å²) < 4.78 is 0. The molecule has 0 saturated heterocycles. The summed E-state index contributed by atoms with van der Waals surface area (Å²) in [5.41, 5.74) is 12.0. The maximum Gasteiger partial charge on any atom is 2.00 e. The van der Waals surface area contributed by atoms with Gasteiger partial charge in [-0.25, -0.2) is 0 Å². The third kappa shape index (κ3) is 4.25. The average molecular weight is 513 g/mol. The van der Waals surface area contributed by atoms with Crippen LogP contribution in [0.4, 0.5) is 0 Å². The van der Waals surface area contributed by atoms with E-state index >= 15 is 0 Å². The predicted molar refractivity (Wildman–Crippen MR) is 98.2 cm³/mol. The zero-order chi connectivity index (χ0) is 16.9. The molecule has 0 atom stereocenters. The molecule has 0 aliphatic heterocycles. The maximum absolute atomic E-state index is 4.39. The smallest absolute Gasteiger partial charge is 0.305 e. The molecule has 3 heteroatoms. The van der Waals surface area contributed by atoms with Crippen LogP contribution in [0.5, 0.6) is 0 Å². The molecule has 0 radical (unpaired) electrons. The fourth-order valence-electron chi connectivity index (χ4n) is 2.66. The second kappa shape index (κ2) is 8.56. The first-order valence-electron chi connectivity index (χ1n) is 8.07. The minimum absolute atomic E-state index is 0. The number of hydrogen-bond donors (Lipinski definition) is 0. The number of aromatic nitrogens is 2. The largest absolute Gasteiger partial charge is 2.00 e. The van der Waals surface area contributed by atoms with Gasteiger partial charge in [-0.1, -0.05) is 35.9 Å². The van der Waals surface area contributed by atoms with Crippen molar-refractivity contribution in [2.45, 2.75) is 6.42 Å². The van der Waals surface area contributed by atoms with Crippen molar-refractivity contribution in [3.8, 4) is 11.3 Å². The molecule has 1 aromatic carbocycles. The summed E-state index contributed by atoms with van der Waals surface area (Å²) in [4.78, 5) is 8.76. The Kier molecular flexibility index (Phi) is 5.95. The fourth-order valence-corrected chi connectivity index (χ4v) is 2.66. The zero-order valence-corrected chi connectivity index (χ0v) is 16.1. The first kappa shape index (κ1) is 18.1. The van der Waals surface area contributed by atoms with E-state index in [0.29, 0.717) is 6.42 Å². The molecule has 0 fully saturated rings. The Bertz CT molecular complexity index is 1020. The average Bonchev–Trinajstić information content (AvgIpc) is 2.70. The second-order valence-corrected chi connectivity index (χ2v) is 5.63. The summed E-state index contributed by atoms with van der Waals surface area (Å²) in [5, 5.41) is 0. The van der Waals surface area contributed by atoms with Gasteiger partial charge in [0.05, 0.1) is 0 Å². The van der Waals surface area contributed by atoms with Crippen LogP contribution in [0.15, 0.2) is 90.1 Å². The Morgan fingerprint density at radius 3 is 2.35 bits per heavy atom. The number of rotatable bonds is 4. The number of hydrogen-bond acceptors (Lipinski definition) is 2. The molecule has 3 aromatic rings. The van der Waals surface area contributed by atoms with Crippen LogP contribution < -0.4 is 0 Å². The molecule has 0 N–H and O–H groups in total. The molecule has 1 aliphatic rings. The Hall–Kier alpha value is -2.75. The molecular weight excluding hydrogens is 499 g/mol. The van der Waals surface area contributed by atoms with Gasteiger partial charge in [-0.3, -0.25) is 0 Å². The number of allylic oxidation sites excluding steroid dienone is 4. The van der Waals surface area contributed by atoms with Crippen LogP contribution in [0.3, 0.4) is 0 Å². The van der Waals surface area contributed by atoms with Crippen LogP contribution in [0.25, 0.3) is 16.8 Å². The van der Waals surface area contributed by atoms with Gasteiger partial charge in [0.15, 0.2) is 0 Å². The van der Waals surface area contributed by atoms with E-state index in [2.05, 4.69) is 39.6 Å². The summed E-state index contributed by atoms with van der Waals surface area (Å²) in [6, 6.07) is 21.3. The summed E-state index contributed by atoms with van der Waals surface area (Å²) in [6.07, 6.45) is 9.51. The minimum Gasteiger partial charge on any atom is -0.305 e. The summed E-state index contributed by atoms with van der Waals surface area (Å²) in [5.74, 6) is 0. The summed E-state index contributed by atoms with van der Waals surface area (Å²) in [7, 11) is 0. The minimum atomic E-state index is 0. The number of benzene rings is 1. The van der Waals surface area contributed by atoms with Gasteiger partial charge >= 0.3 is 21.1 Å². The molecule has 126 valence electrons. The molecule has 26 heavy (non-hydrogen) atoms. The van der Waals surface area contributed by atoms with Crippen molar-refractivity contribution in [2.24, 2.45) is 0 Å². The van der Waals surface area contributed by atoms with Crippen LogP contribution in [-0.4, -0.2) is 9.97 Å². The quantitative estimate of drug-likeness (QED) is 0.376. The Labute approximate surface area is 167 Å². The molecule has 0 saturated carbocycles. The van der Waals surface area contributed by atoms with Gasteiger partial charge in [-0.05, 0) is 29.9 Å². The standard InChI is InChI=1S/C23H14N2.Pt/c1-3-13-24-22(11-1)20-9-5-7-18(16-20)15-19-8-6-10-21(17-19)23-12-2-4-14-25-23;/h1-5,7,9-14H,15H2;/q-2;+2. The van der Waals surface area contributed by atoms with Crippen LogP contribution in [0, 0.1) is 12.1 Å². The maximum atomic E-state index is 4.39. The van der Waals surface area contributed by atoms with Crippen LogP contribution in [-0.2, 0) is 27.5 Å². The van der Waals surface area contributed by atoms with Gasteiger partial charge in [0.25, 0.3) is 0 Å². The van der Waals surface area contributed by atoms with Crippen molar-refractivity contribution in [2.75, 3.05) is 0 Å². The molecule has 2 heterocycles. The van der Waals surface area contributed by atoms with Crippen molar-refractivity contribution < 1.29 is 21.1 Å². The fraction of sp³-hybridized carbons (Fsp3) is 0.0435. The van der Waals surface area contributed by atoms with E-state index in [-0.39, 0.29) is 21.1 Å². The van der Waals surface area contributed by atoms with Gasteiger partial charge in [0, 0.05) is 12.4 Å². The van der Waals surface area contributed by atoms with Crippen LogP contribution in [0.2, 0.25) is 0 Å². The van der Waals surface area contributed by atoms with Crippen molar-refractivity contribution in [3.05, 3.63) is 114 Å². The van der Waals surface area contributed by atoms with Gasteiger partial charge < -0.3 is 9.97 Å². The monoisotopic (exact) mass is 513 g/mol. The first-order valence-corrected chi connectivity index (χ1v) is 8.07. The number of nitrogens with zero attached hydrogens (tertiary/aromatic N) is 2. The predicted octanol–water partition coefficient (Wildman–Crippen LogP) is 4.62. The van der Waals surface area contributed by atoms with Crippen molar-refractivity contribution in [3.63, 3.8) is 0 Å². The van der Waals surface area contributed by atoms with Crippen molar-refractivity contribution in [1.82, 2.24) is 9.97 Å². The van der Waals surface area contributed by atoms with E-state index in [0.717, 1.165) is 33.7 Å². The van der Waals surface area contributed by atoms with Gasteiger partial charge in [-0.2, -0.15) is 11.5 Å². The molecule has 0 spiro atoms. The van der Waals surface area contributed by atoms with E-state index in [1.165, 1.54) is 0 Å². The molecule has 1 aliphatic carbocycles. The van der Waals surface area contributed by atoms with E-state index in [1.807, 2.05) is 54.6 Å². The molecule has 0 bridgehead atoms. The van der Waals surface area contributed by atoms with E-state index < -0.39 is 0 Å². The molecule has 4 rings (SSSR count). The van der Waals surface area contributed by atoms with Crippen LogP contribution >= 0.6 is 0 Å². The van der Waals surface area contributed by atoms with Crippen molar-refractivity contribution in [1.29, 1.82) is 0 Å². The number of pyridine rings is 2. The normalized spacial score (nSPS) is 12.2. The molecule has 2 nitrogen and oxygen atoms in total. The van der Waals surface area contributed by atoms with Gasteiger partial charge in [-0.15, -0.1) is 47.0 Å². The summed E-state index contributed by atoms with van der Waals surface area (Å²) in [6.45, 7) is 0. The SMILES string of the molecule is C1=C=C(Cc2[c-]c(-c3ccccn3)ccc2)[C-]=C(c2ccccn2)C=1.[Pt+2]. The van der Waals surface area contributed by atoms with Gasteiger partial charge in [0.1, 0.15) is 0 Å². The summed E-state index contributed by atoms with van der Waals surface area (Å²) >= 11 is 0. The van der Waals surface area contributed by atoms with Crippen molar-refractivity contribution >= 4 is 5.57 Å². The molecule has 2 aromatic heterocycles. The Balaban J connectivity index is 0.00000196. The molecular formula is C23H14N2Pt. The Morgan fingerprint density at radius 2 is 1.62 bits per heavy atom. The van der Waals surface area contributed by atoms with Gasteiger partial charge in [0.2, 0.25) is 0 Å². The topological polar surface area (TPSA) is 25.8 Å². The van der Waals surface area contributed by atoms with E-state index in [4.69, 9.17) is 0 Å². The van der Waals surface area contributed by atoms with Crippen LogP contribution in [0.1, 0.15) is 11.3 Å². The molecule has 0 amide bonds. The third-order valence-corrected chi connectivity index (χ3v) is 3.83. The first-order chi connectivity index (χ1) is 12.4. The zero-order valence-electron chi connectivity index (χ0n) is 13.8. The second-order valence-electron chi connectivity index (χ2n) is 5.63. The molecule has 0 unspecified atom stereocenters. The third-order valence-electron chi connectivity index (χ3n) is 3.83. The van der Waals surface area contributed by atoms with E-state index in [9.17, 15) is 0 Å².